The van der Waals surface area contributed by atoms with E-state index < -0.39 is 0 Å². The molecule has 0 atom stereocenters. The van der Waals surface area contributed by atoms with Crippen LogP contribution < -0.4 is 15.4 Å². The Labute approximate surface area is 133 Å². The minimum absolute atomic E-state index is 0. The van der Waals surface area contributed by atoms with Gasteiger partial charge in [-0.15, -0.1) is 12.4 Å². The fraction of sp³-hybridized carbons (Fsp3) is 0.462. The molecule has 0 radical (unpaired) electrons. The number of amides is 1. The van der Waals surface area contributed by atoms with Crippen molar-refractivity contribution in [2.24, 2.45) is 0 Å². The molecule has 114 valence electrons. The van der Waals surface area contributed by atoms with Crippen molar-refractivity contribution in [2.45, 2.75) is 0 Å². The molecule has 7 heteroatoms. The Morgan fingerprint density at radius 2 is 1.90 bits per heavy atom. The number of halogens is 2. The lowest BCUT2D eigenvalue weighted by molar-refractivity contribution is -0.120. The Balaban J connectivity index is 0.00000361. The predicted octanol–water partition coefficient (Wildman–Crippen LogP) is 1.60. The van der Waals surface area contributed by atoms with Gasteiger partial charge in [0.25, 0.3) is 0 Å². The molecule has 0 saturated heterocycles. The van der Waals surface area contributed by atoms with Crippen LogP contribution in [0.4, 0.5) is 0 Å². The Bertz CT molecular complexity index is 376. The van der Waals surface area contributed by atoms with Crippen molar-refractivity contribution in [3.05, 3.63) is 28.7 Å². The maximum absolute atomic E-state index is 11.4. The molecule has 0 heterocycles. The van der Waals surface area contributed by atoms with Gasteiger partial charge in [0.1, 0.15) is 12.4 Å². The molecular weight excluding hydrogens is 348 g/mol. The molecule has 2 N–H and O–H groups in total. The molecular formula is C13H20BrClN2O3. The van der Waals surface area contributed by atoms with Crippen LogP contribution in [0.1, 0.15) is 0 Å². The van der Waals surface area contributed by atoms with Crippen molar-refractivity contribution >= 4 is 34.2 Å². The van der Waals surface area contributed by atoms with Crippen LogP contribution >= 0.6 is 28.3 Å². The van der Waals surface area contributed by atoms with Gasteiger partial charge in [-0.05, 0) is 24.3 Å². The molecule has 0 aliphatic carbocycles. The number of hydrogen-bond acceptors (Lipinski definition) is 4. The first kappa shape index (κ1) is 19.2. The standard InChI is InChI=1S/C13H19BrN2O3.ClH/c1-18-8-6-15-10-13(17)16-7-9-19-12-4-2-11(14)3-5-12;/h2-5,15H,6-10H2,1H3,(H,16,17);1H. The van der Waals surface area contributed by atoms with Crippen LogP contribution in [0, 0.1) is 0 Å². The molecule has 0 aromatic heterocycles. The first-order valence-electron chi connectivity index (χ1n) is 6.07. The third-order valence-corrected chi connectivity index (χ3v) is 2.80. The van der Waals surface area contributed by atoms with Crippen LogP contribution in [0.2, 0.25) is 0 Å². The molecule has 1 aromatic rings. The van der Waals surface area contributed by atoms with E-state index in [0.29, 0.717) is 32.8 Å². The van der Waals surface area contributed by atoms with Gasteiger partial charge in [-0.25, -0.2) is 0 Å². The quantitative estimate of drug-likeness (QED) is 0.651. The maximum Gasteiger partial charge on any atom is 0.234 e. The van der Waals surface area contributed by atoms with Gasteiger partial charge in [0.2, 0.25) is 5.91 Å². The molecule has 1 aromatic carbocycles. The van der Waals surface area contributed by atoms with Crippen LogP contribution in [0.25, 0.3) is 0 Å². The summed E-state index contributed by atoms with van der Waals surface area (Å²) in [4.78, 5) is 11.4. The first-order valence-corrected chi connectivity index (χ1v) is 6.86. The minimum Gasteiger partial charge on any atom is -0.492 e. The zero-order chi connectivity index (χ0) is 13.9. The summed E-state index contributed by atoms with van der Waals surface area (Å²) in [5.41, 5.74) is 0. The Morgan fingerprint density at radius 3 is 2.55 bits per heavy atom. The van der Waals surface area contributed by atoms with Crippen molar-refractivity contribution in [2.75, 3.05) is 40.0 Å². The molecule has 0 unspecified atom stereocenters. The summed E-state index contributed by atoms with van der Waals surface area (Å²) in [6.45, 7) is 2.49. The third-order valence-electron chi connectivity index (χ3n) is 2.28. The van der Waals surface area contributed by atoms with Gasteiger partial charge in [0.05, 0.1) is 19.7 Å². The van der Waals surface area contributed by atoms with Crippen LogP contribution in [-0.2, 0) is 9.53 Å². The highest BCUT2D eigenvalue weighted by atomic mass is 79.9. The molecule has 1 amide bonds. The summed E-state index contributed by atoms with van der Waals surface area (Å²) in [6, 6.07) is 7.57. The number of carbonyl (C=O) groups excluding carboxylic acids is 1. The van der Waals surface area contributed by atoms with Gasteiger partial charge in [0.15, 0.2) is 0 Å². The smallest absolute Gasteiger partial charge is 0.234 e. The van der Waals surface area contributed by atoms with E-state index in [9.17, 15) is 4.79 Å². The van der Waals surface area contributed by atoms with Gasteiger partial charge >= 0.3 is 0 Å². The Morgan fingerprint density at radius 1 is 1.20 bits per heavy atom. The van der Waals surface area contributed by atoms with E-state index in [1.54, 1.807) is 7.11 Å². The highest BCUT2D eigenvalue weighted by Gasteiger charge is 1.99. The molecule has 0 fully saturated rings. The molecule has 0 saturated carbocycles. The summed E-state index contributed by atoms with van der Waals surface area (Å²) < 4.78 is 11.3. The lowest BCUT2D eigenvalue weighted by Gasteiger charge is -2.08. The highest BCUT2D eigenvalue weighted by Crippen LogP contribution is 2.15. The largest absolute Gasteiger partial charge is 0.492 e. The fourth-order valence-electron chi connectivity index (χ4n) is 1.33. The Hall–Kier alpha value is -0.820. The Kier molecular flexibility index (Phi) is 11.5. The topological polar surface area (TPSA) is 59.6 Å². The number of methoxy groups -OCH3 is 1. The zero-order valence-electron chi connectivity index (χ0n) is 11.4. The van der Waals surface area contributed by atoms with Gasteiger partial charge < -0.3 is 20.1 Å². The second-order valence-electron chi connectivity index (χ2n) is 3.82. The van der Waals surface area contributed by atoms with Gasteiger partial charge in [-0.3, -0.25) is 4.79 Å². The molecule has 5 nitrogen and oxygen atoms in total. The number of nitrogens with one attached hydrogen (secondary N) is 2. The minimum atomic E-state index is -0.0458. The average Bonchev–Trinajstić information content (AvgIpc) is 2.42. The van der Waals surface area contributed by atoms with Crippen molar-refractivity contribution < 1.29 is 14.3 Å². The summed E-state index contributed by atoms with van der Waals surface area (Å²) >= 11 is 3.35. The summed E-state index contributed by atoms with van der Waals surface area (Å²) in [5.74, 6) is 0.742. The number of hydrogen-bond donors (Lipinski definition) is 2. The number of benzene rings is 1. The fourth-order valence-corrected chi connectivity index (χ4v) is 1.59. The predicted molar refractivity (Wildman–Crippen MR) is 84.6 cm³/mol. The zero-order valence-corrected chi connectivity index (χ0v) is 13.8. The van der Waals surface area contributed by atoms with Crippen molar-refractivity contribution in [3.63, 3.8) is 0 Å². The van der Waals surface area contributed by atoms with Crippen LogP contribution in [-0.4, -0.2) is 45.9 Å². The lowest BCUT2D eigenvalue weighted by Crippen LogP contribution is -2.37. The number of rotatable bonds is 9. The van der Waals surface area contributed by atoms with E-state index in [1.165, 1.54) is 0 Å². The molecule has 20 heavy (non-hydrogen) atoms. The third kappa shape index (κ3) is 9.14. The van der Waals surface area contributed by atoms with Gasteiger partial charge in [-0.1, -0.05) is 15.9 Å². The van der Waals surface area contributed by atoms with E-state index in [-0.39, 0.29) is 18.3 Å². The maximum atomic E-state index is 11.4. The van der Waals surface area contributed by atoms with Crippen LogP contribution in [0.15, 0.2) is 28.7 Å². The molecule has 0 spiro atoms. The monoisotopic (exact) mass is 366 g/mol. The van der Waals surface area contributed by atoms with E-state index in [0.717, 1.165) is 10.2 Å². The van der Waals surface area contributed by atoms with Gasteiger partial charge in [-0.2, -0.15) is 0 Å². The summed E-state index contributed by atoms with van der Waals surface area (Å²) in [7, 11) is 1.63. The van der Waals surface area contributed by atoms with Crippen LogP contribution in [0.5, 0.6) is 5.75 Å². The average molecular weight is 368 g/mol. The lowest BCUT2D eigenvalue weighted by atomic mass is 10.3. The second kappa shape index (κ2) is 12.0. The highest BCUT2D eigenvalue weighted by molar-refractivity contribution is 9.10. The van der Waals surface area contributed by atoms with E-state index in [1.807, 2.05) is 24.3 Å². The molecule has 0 aliphatic rings. The van der Waals surface area contributed by atoms with Crippen LogP contribution in [0.3, 0.4) is 0 Å². The van der Waals surface area contributed by atoms with Crippen molar-refractivity contribution in [3.8, 4) is 5.75 Å². The second-order valence-corrected chi connectivity index (χ2v) is 4.74. The van der Waals surface area contributed by atoms with E-state index in [2.05, 4.69) is 26.6 Å². The molecule has 1 rings (SSSR count). The SMILES string of the molecule is COCCNCC(=O)NCCOc1ccc(Br)cc1.Cl. The summed E-state index contributed by atoms with van der Waals surface area (Å²) in [6.07, 6.45) is 0. The molecule has 0 aliphatic heterocycles. The van der Waals surface area contributed by atoms with Crippen molar-refractivity contribution in [1.29, 1.82) is 0 Å². The normalized spacial score (nSPS) is 9.70. The number of carbonyl (C=O) groups is 1. The van der Waals surface area contributed by atoms with Gasteiger partial charge in [0, 0.05) is 18.1 Å². The first-order chi connectivity index (χ1) is 9.22. The van der Waals surface area contributed by atoms with E-state index in [4.69, 9.17) is 9.47 Å². The van der Waals surface area contributed by atoms with E-state index >= 15 is 0 Å². The van der Waals surface area contributed by atoms with Crippen molar-refractivity contribution in [1.82, 2.24) is 10.6 Å². The molecule has 0 bridgehead atoms. The number of ether oxygens (including phenoxy) is 2. The summed E-state index contributed by atoms with van der Waals surface area (Å²) in [5, 5.41) is 5.73.